The van der Waals surface area contributed by atoms with Crippen molar-refractivity contribution in [3.05, 3.63) is 30.1 Å². The number of pyridine rings is 1. The molecule has 0 fully saturated rings. The summed E-state index contributed by atoms with van der Waals surface area (Å²) in [5, 5.41) is 9.08. The molecule has 0 aliphatic heterocycles. The number of hydrogen-bond donors (Lipinski definition) is 1. The Balaban J connectivity index is 2.46. The van der Waals surface area contributed by atoms with Gasteiger partial charge in [-0.05, 0) is 12.1 Å². The van der Waals surface area contributed by atoms with Crippen LogP contribution in [0.1, 0.15) is 12.1 Å². The number of alkyl halides is 3. The van der Waals surface area contributed by atoms with Gasteiger partial charge in [0.25, 0.3) is 0 Å². The van der Waals surface area contributed by atoms with Crippen molar-refractivity contribution >= 4 is 0 Å². The average molecular weight is 205 g/mol. The maximum Gasteiger partial charge on any atom is 0.391 e. The summed E-state index contributed by atoms with van der Waals surface area (Å²) in [4.78, 5) is 3.82. The molecule has 1 aromatic heterocycles. The van der Waals surface area contributed by atoms with E-state index in [1.54, 1.807) is 18.2 Å². The normalized spacial score (nSPS) is 14.0. The third kappa shape index (κ3) is 4.23. The van der Waals surface area contributed by atoms with Gasteiger partial charge in [0.1, 0.15) is 0 Å². The van der Waals surface area contributed by atoms with Crippen molar-refractivity contribution in [3.8, 4) is 0 Å². The number of hydrogen-bond acceptors (Lipinski definition) is 2. The van der Waals surface area contributed by atoms with Crippen LogP contribution in [0.2, 0.25) is 0 Å². The number of halogens is 3. The second-order valence-corrected chi connectivity index (χ2v) is 3.00. The minimum absolute atomic E-state index is 0.0691. The molecular formula is C9H10F3NO. The van der Waals surface area contributed by atoms with Crippen LogP contribution in [0.15, 0.2) is 24.4 Å². The summed E-state index contributed by atoms with van der Waals surface area (Å²) < 4.78 is 35.5. The van der Waals surface area contributed by atoms with Crippen LogP contribution < -0.4 is 0 Å². The van der Waals surface area contributed by atoms with E-state index in [1.165, 1.54) is 6.20 Å². The molecule has 1 unspecified atom stereocenters. The Morgan fingerprint density at radius 2 is 2.07 bits per heavy atom. The molecule has 0 saturated heterocycles. The summed E-state index contributed by atoms with van der Waals surface area (Å²) in [6.45, 7) is 0. The Kier molecular flexibility index (Phi) is 3.46. The highest BCUT2D eigenvalue weighted by Crippen LogP contribution is 2.22. The third-order valence-electron chi connectivity index (χ3n) is 1.64. The van der Waals surface area contributed by atoms with Crippen molar-refractivity contribution in [2.75, 3.05) is 0 Å². The first-order valence-electron chi connectivity index (χ1n) is 4.12. The summed E-state index contributed by atoms with van der Waals surface area (Å²) in [6, 6.07) is 4.92. The minimum atomic E-state index is -4.33. The molecule has 0 saturated carbocycles. The molecule has 5 heteroatoms. The molecular weight excluding hydrogens is 195 g/mol. The lowest BCUT2D eigenvalue weighted by atomic mass is 10.1. The number of aromatic nitrogens is 1. The monoisotopic (exact) mass is 205 g/mol. The molecule has 0 bridgehead atoms. The molecule has 0 aliphatic carbocycles. The molecule has 1 aromatic rings. The van der Waals surface area contributed by atoms with E-state index < -0.39 is 18.7 Å². The van der Waals surface area contributed by atoms with Crippen molar-refractivity contribution in [1.29, 1.82) is 0 Å². The van der Waals surface area contributed by atoms with Gasteiger partial charge in [-0.25, -0.2) is 0 Å². The highest BCUT2D eigenvalue weighted by atomic mass is 19.4. The van der Waals surface area contributed by atoms with Gasteiger partial charge in [0, 0.05) is 18.3 Å². The molecule has 78 valence electrons. The van der Waals surface area contributed by atoms with E-state index in [0.717, 1.165) is 0 Å². The van der Waals surface area contributed by atoms with Crippen LogP contribution in [-0.4, -0.2) is 22.4 Å². The minimum Gasteiger partial charge on any atom is -0.392 e. The lowest BCUT2D eigenvalue weighted by Crippen LogP contribution is -2.21. The van der Waals surface area contributed by atoms with Gasteiger partial charge in [-0.15, -0.1) is 0 Å². The number of aliphatic hydroxyl groups excluding tert-OH is 1. The van der Waals surface area contributed by atoms with Gasteiger partial charge in [-0.3, -0.25) is 4.98 Å². The van der Waals surface area contributed by atoms with E-state index in [0.29, 0.717) is 5.69 Å². The van der Waals surface area contributed by atoms with Crippen LogP contribution in [0.4, 0.5) is 13.2 Å². The number of nitrogens with zero attached hydrogens (tertiary/aromatic N) is 1. The molecule has 0 amide bonds. The molecule has 0 radical (unpaired) electrons. The first-order chi connectivity index (χ1) is 6.47. The van der Waals surface area contributed by atoms with Crippen molar-refractivity contribution < 1.29 is 18.3 Å². The molecule has 1 heterocycles. The van der Waals surface area contributed by atoms with Crippen molar-refractivity contribution in [2.45, 2.75) is 25.1 Å². The van der Waals surface area contributed by atoms with E-state index in [-0.39, 0.29) is 6.42 Å². The van der Waals surface area contributed by atoms with E-state index in [2.05, 4.69) is 4.98 Å². The Bertz CT molecular complexity index is 273. The van der Waals surface area contributed by atoms with Crippen molar-refractivity contribution in [2.24, 2.45) is 0 Å². The second kappa shape index (κ2) is 4.41. The van der Waals surface area contributed by atoms with Gasteiger partial charge in [0.05, 0.1) is 12.5 Å². The SMILES string of the molecule is OC(Cc1ccccn1)CC(F)(F)F. The van der Waals surface area contributed by atoms with Gasteiger partial charge < -0.3 is 5.11 Å². The predicted octanol–water partition coefficient (Wildman–Crippen LogP) is 1.94. The van der Waals surface area contributed by atoms with Crippen LogP contribution >= 0.6 is 0 Å². The number of rotatable bonds is 3. The van der Waals surface area contributed by atoms with Crippen LogP contribution in [0.25, 0.3) is 0 Å². The third-order valence-corrected chi connectivity index (χ3v) is 1.64. The number of aliphatic hydroxyl groups is 1. The van der Waals surface area contributed by atoms with Crippen LogP contribution in [0.5, 0.6) is 0 Å². The molecule has 0 aromatic carbocycles. The molecule has 2 nitrogen and oxygen atoms in total. The van der Waals surface area contributed by atoms with Crippen molar-refractivity contribution in [3.63, 3.8) is 0 Å². The molecule has 1 atom stereocenters. The molecule has 14 heavy (non-hydrogen) atoms. The zero-order valence-corrected chi connectivity index (χ0v) is 7.33. The summed E-state index contributed by atoms with van der Waals surface area (Å²) in [7, 11) is 0. The summed E-state index contributed by atoms with van der Waals surface area (Å²) in [5.41, 5.74) is 0.462. The van der Waals surface area contributed by atoms with Crippen LogP contribution in [-0.2, 0) is 6.42 Å². The fraction of sp³-hybridized carbons (Fsp3) is 0.444. The second-order valence-electron chi connectivity index (χ2n) is 3.00. The van der Waals surface area contributed by atoms with Gasteiger partial charge in [-0.2, -0.15) is 13.2 Å². The summed E-state index contributed by atoms with van der Waals surface area (Å²) in [6.07, 6.45) is -5.52. The quantitative estimate of drug-likeness (QED) is 0.817. The smallest absolute Gasteiger partial charge is 0.391 e. The Morgan fingerprint density at radius 3 is 2.57 bits per heavy atom. The molecule has 1 N–H and O–H groups in total. The first kappa shape index (κ1) is 11.0. The summed E-state index contributed by atoms with van der Waals surface area (Å²) in [5.74, 6) is 0. The van der Waals surface area contributed by atoms with Crippen molar-refractivity contribution in [1.82, 2.24) is 4.98 Å². The molecule has 0 spiro atoms. The van der Waals surface area contributed by atoms with E-state index in [4.69, 9.17) is 5.11 Å². The Hall–Kier alpha value is -1.10. The highest BCUT2D eigenvalue weighted by molar-refractivity contribution is 5.04. The maximum absolute atomic E-state index is 11.8. The molecule has 0 aliphatic rings. The largest absolute Gasteiger partial charge is 0.392 e. The van der Waals surface area contributed by atoms with Crippen LogP contribution in [0.3, 0.4) is 0 Å². The maximum atomic E-state index is 11.8. The highest BCUT2D eigenvalue weighted by Gasteiger charge is 2.31. The fourth-order valence-electron chi connectivity index (χ4n) is 1.10. The standard InChI is InChI=1S/C9H10F3NO/c10-9(11,12)6-8(14)5-7-3-1-2-4-13-7/h1-4,8,14H,5-6H2. The van der Waals surface area contributed by atoms with Gasteiger partial charge in [0.15, 0.2) is 0 Å². The zero-order valence-electron chi connectivity index (χ0n) is 7.33. The first-order valence-corrected chi connectivity index (χ1v) is 4.12. The van der Waals surface area contributed by atoms with Gasteiger partial charge in [0.2, 0.25) is 0 Å². The van der Waals surface area contributed by atoms with Gasteiger partial charge in [-0.1, -0.05) is 6.07 Å². The van der Waals surface area contributed by atoms with E-state index in [1.807, 2.05) is 0 Å². The Morgan fingerprint density at radius 1 is 1.36 bits per heavy atom. The summed E-state index contributed by atoms with van der Waals surface area (Å²) >= 11 is 0. The predicted molar refractivity (Wildman–Crippen MR) is 44.6 cm³/mol. The topological polar surface area (TPSA) is 33.1 Å². The average Bonchev–Trinajstić information content (AvgIpc) is 2.02. The zero-order chi connectivity index (χ0) is 10.6. The van der Waals surface area contributed by atoms with E-state index >= 15 is 0 Å². The van der Waals surface area contributed by atoms with Crippen LogP contribution in [0, 0.1) is 0 Å². The Labute approximate surface area is 79.4 Å². The van der Waals surface area contributed by atoms with Gasteiger partial charge >= 0.3 is 6.18 Å². The molecule has 1 rings (SSSR count). The van der Waals surface area contributed by atoms with E-state index in [9.17, 15) is 13.2 Å². The lowest BCUT2D eigenvalue weighted by Gasteiger charge is -2.12. The lowest BCUT2D eigenvalue weighted by molar-refractivity contribution is -0.153. The fourth-order valence-corrected chi connectivity index (χ4v) is 1.10.